The molecule has 0 saturated carbocycles. The van der Waals surface area contributed by atoms with Crippen LogP contribution in [-0.4, -0.2) is 63.2 Å². The molecule has 0 atom stereocenters. The van der Waals surface area contributed by atoms with Crippen LogP contribution in [0.2, 0.25) is 0 Å². The first-order chi connectivity index (χ1) is 15.9. The fourth-order valence-corrected chi connectivity index (χ4v) is 3.33. The number of carbonyl (C=O) groups excluding carboxylic acids is 1. The third kappa shape index (κ3) is 6.69. The summed E-state index contributed by atoms with van der Waals surface area (Å²) in [7, 11) is 4.57. The number of nitrogens with one attached hydrogen (secondary N) is 1. The molecule has 0 aliphatic heterocycles. The third-order valence-electron chi connectivity index (χ3n) is 5.28. The molecular weight excluding hydrogens is 426 g/mol. The molecule has 0 fully saturated rings. The van der Waals surface area contributed by atoms with Gasteiger partial charge in [-0.25, -0.2) is 0 Å². The van der Waals surface area contributed by atoms with Gasteiger partial charge in [0.15, 0.2) is 11.5 Å². The number of non-ortho nitro benzene ring substituents is 1. The van der Waals surface area contributed by atoms with Crippen LogP contribution in [0, 0.1) is 10.1 Å². The van der Waals surface area contributed by atoms with Gasteiger partial charge in [-0.2, -0.15) is 0 Å². The number of nitro benzene ring substituents is 1. The SMILES string of the molecule is CCN(CC)CCNC(=O)C(=Cc1cc(OC)c(OC)cc1OC)c1ccc([N+](=O)[O-])cc1. The van der Waals surface area contributed by atoms with E-state index in [1.54, 1.807) is 30.3 Å². The number of ether oxygens (including phenoxy) is 3. The van der Waals surface area contributed by atoms with Crippen LogP contribution < -0.4 is 19.5 Å². The third-order valence-corrected chi connectivity index (χ3v) is 5.28. The van der Waals surface area contributed by atoms with Gasteiger partial charge in [-0.15, -0.1) is 0 Å². The van der Waals surface area contributed by atoms with Crippen molar-refractivity contribution in [3.63, 3.8) is 0 Å². The Hall–Kier alpha value is -3.59. The van der Waals surface area contributed by atoms with Gasteiger partial charge in [-0.05, 0) is 42.9 Å². The van der Waals surface area contributed by atoms with E-state index in [1.165, 1.54) is 33.5 Å². The van der Waals surface area contributed by atoms with Crippen molar-refractivity contribution in [1.82, 2.24) is 10.2 Å². The number of methoxy groups -OCH3 is 3. The van der Waals surface area contributed by atoms with Crippen LogP contribution in [0.1, 0.15) is 25.0 Å². The van der Waals surface area contributed by atoms with Crippen LogP contribution in [-0.2, 0) is 4.79 Å². The fourth-order valence-electron chi connectivity index (χ4n) is 3.33. The van der Waals surface area contributed by atoms with Gasteiger partial charge >= 0.3 is 0 Å². The van der Waals surface area contributed by atoms with Gasteiger partial charge in [0, 0.05) is 42.4 Å². The van der Waals surface area contributed by atoms with Crippen LogP contribution in [0.5, 0.6) is 17.2 Å². The highest BCUT2D eigenvalue weighted by molar-refractivity contribution is 6.24. The van der Waals surface area contributed by atoms with Gasteiger partial charge in [0.05, 0.1) is 26.3 Å². The van der Waals surface area contributed by atoms with Crippen molar-refractivity contribution in [1.29, 1.82) is 0 Å². The minimum atomic E-state index is -0.477. The molecule has 0 aromatic heterocycles. The Bertz CT molecular complexity index is 984. The molecule has 2 aromatic rings. The number of amides is 1. The van der Waals surface area contributed by atoms with E-state index in [-0.39, 0.29) is 11.6 Å². The number of nitro groups is 1. The molecule has 0 heterocycles. The summed E-state index contributed by atoms with van der Waals surface area (Å²) < 4.78 is 16.2. The van der Waals surface area contributed by atoms with Gasteiger partial charge < -0.3 is 24.4 Å². The first kappa shape index (κ1) is 25.7. The highest BCUT2D eigenvalue weighted by Crippen LogP contribution is 2.36. The summed E-state index contributed by atoms with van der Waals surface area (Å²) in [6.45, 7) is 7.09. The lowest BCUT2D eigenvalue weighted by molar-refractivity contribution is -0.384. The molecular formula is C24H31N3O6. The van der Waals surface area contributed by atoms with Crippen LogP contribution in [0.3, 0.4) is 0 Å². The van der Waals surface area contributed by atoms with Crippen LogP contribution in [0.25, 0.3) is 11.6 Å². The molecule has 0 aliphatic carbocycles. The average molecular weight is 458 g/mol. The number of nitrogens with zero attached hydrogens (tertiary/aromatic N) is 2. The van der Waals surface area contributed by atoms with Crippen molar-refractivity contribution >= 4 is 23.2 Å². The second-order valence-corrected chi connectivity index (χ2v) is 7.09. The second kappa shape index (κ2) is 12.4. The molecule has 9 heteroatoms. The summed E-state index contributed by atoms with van der Waals surface area (Å²) >= 11 is 0. The summed E-state index contributed by atoms with van der Waals surface area (Å²) in [5.74, 6) is 1.16. The zero-order chi connectivity index (χ0) is 24.4. The predicted molar refractivity (Wildman–Crippen MR) is 128 cm³/mol. The quantitative estimate of drug-likeness (QED) is 0.225. The van der Waals surface area contributed by atoms with E-state index >= 15 is 0 Å². The molecule has 1 amide bonds. The highest BCUT2D eigenvalue weighted by atomic mass is 16.6. The van der Waals surface area contributed by atoms with Gasteiger partial charge in [0.2, 0.25) is 0 Å². The van der Waals surface area contributed by atoms with Gasteiger partial charge in [0.1, 0.15) is 5.75 Å². The molecule has 0 unspecified atom stereocenters. The number of hydrogen-bond acceptors (Lipinski definition) is 7. The minimum Gasteiger partial charge on any atom is -0.496 e. The summed E-state index contributed by atoms with van der Waals surface area (Å²) in [5, 5.41) is 14.0. The Balaban J connectivity index is 2.49. The van der Waals surface area contributed by atoms with Gasteiger partial charge in [0.25, 0.3) is 11.6 Å². The Morgan fingerprint density at radius 3 is 2.09 bits per heavy atom. The van der Waals surface area contributed by atoms with E-state index in [0.717, 1.165) is 13.1 Å². The van der Waals surface area contributed by atoms with Crippen molar-refractivity contribution < 1.29 is 23.9 Å². The van der Waals surface area contributed by atoms with Gasteiger partial charge in [-0.3, -0.25) is 14.9 Å². The van der Waals surface area contributed by atoms with E-state index < -0.39 is 4.92 Å². The Kier molecular flexibility index (Phi) is 9.68. The molecule has 0 saturated heterocycles. The van der Waals surface area contributed by atoms with Gasteiger partial charge in [-0.1, -0.05) is 13.8 Å². The predicted octanol–water partition coefficient (Wildman–Crippen LogP) is 3.62. The molecule has 0 aliphatic rings. The molecule has 2 aromatic carbocycles. The fraction of sp³-hybridized carbons (Fsp3) is 0.375. The molecule has 0 bridgehead atoms. The monoisotopic (exact) mass is 457 g/mol. The van der Waals surface area contributed by atoms with Crippen molar-refractivity contribution in [3.05, 3.63) is 57.6 Å². The molecule has 0 radical (unpaired) electrons. The van der Waals surface area contributed by atoms with Crippen molar-refractivity contribution in [2.24, 2.45) is 0 Å². The lowest BCUT2D eigenvalue weighted by Gasteiger charge is -2.18. The lowest BCUT2D eigenvalue weighted by atomic mass is 10.0. The number of likely N-dealkylation sites (N-methyl/N-ethyl adjacent to an activating group) is 1. The van der Waals surface area contributed by atoms with Crippen LogP contribution >= 0.6 is 0 Å². The molecule has 9 nitrogen and oxygen atoms in total. The maximum Gasteiger partial charge on any atom is 0.269 e. The van der Waals surface area contributed by atoms with E-state index in [4.69, 9.17) is 14.2 Å². The Morgan fingerprint density at radius 1 is 1.00 bits per heavy atom. The Labute approximate surface area is 194 Å². The molecule has 2 rings (SSSR count). The second-order valence-electron chi connectivity index (χ2n) is 7.09. The summed E-state index contributed by atoms with van der Waals surface area (Å²) in [6.07, 6.45) is 1.68. The summed E-state index contributed by atoms with van der Waals surface area (Å²) in [4.78, 5) is 25.9. The number of hydrogen-bond donors (Lipinski definition) is 1. The first-order valence-electron chi connectivity index (χ1n) is 10.6. The topological polar surface area (TPSA) is 103 Å². The normalized spacial score (nSPS) is 11.3. The molecule has 1 N–H and O–H groups in total. The average Bonchev–Trinajstić information content (AvgIpc) is 2.84. The van der Waals surface area contributed by atoms with Crippen LogP contribution in [0.4, 0.5) is 5.69 Å². The smallest absolute Gasteiger partial charge is 0.269 e. The number of rotatable bonds is 12. The van der Waals surface area contributed by atoms with E-state index in [9.17, 15) is 14.9 Å². The van der Waals surface area contributed by atoms with E-state index in [0.29, 0.717) is 47.0 Å². The highest BCUT2D eigenvalue weighted by Gasteiger charge is 2.17. The lowest BCUT2D eigenvalue weighted by Crippen LogP contribution is -2.35. The molecule has 33 heavy (non-hydrogen) atoms. The summed E-state index contributed by atoms with van der Waals surface area (Å²) in [5.41, 5.74) is 1.43. The Morgan fingerprint density at radius 2 is 1.58 bits per heavy atom. The van der Waals surface area contributed by atoms with E-state index in [2.05, 4.69) is 24.1 Å². The van der Waals surface area contributed by atoms with Crippen LogP contribution in [0.15, 0.2) is 36.4 Å². The number of carbonyl (C=O) groups is 1. The maximum atomic E-state index is 13.2. The standard InChI is InChI=1S/C24H31N3O6/c1-6-26(7-2)13-12-25-24(28)20(17-8-10-19(11-9-17)27(29)30)14-18-15-22(32-4)23(33-5)16-21(18)31-3/h8-11,14-16H,6-7,12-13H2,1-5H3,(H,25,28). The molecule has 178 valence electrons. The zero-order valence-corrected chi connectivity index (χ0v) is 19.7. The minimum absolute atomic E-state index is 0.0521. The van der Waals surface area contributed by atoms with Crippen molar-refractivity contribution in [2.45, 2.75) is 13.8 Å². The largest absolute Gasteiger partial charge is 0.496 e. The summed E-state index contributed by atoms with van der Waals surface area (Å²) in [6, 6.07) is 9.25. The first-order valence-corrected chi connectivity index (χ1v) is 10.6. The van der Waals surface area contributed by atoms with E-state index in [1.807, 2.05) is 0 Å². The maximum absolute atomic E-state index is 13.2. The number of benzene rings is 2. The molecule has 0 spiro atoms. The van der Waals surface area contributed by atoms with Crippen molar-refractivity contribution in [3.8, 4) is 17.2 Å². The van der Waals surface area contributed by atoms with Crippen molar-refractivity contribution in [2.75, 3.05) is 47.5 Å². The zero-order valence-electron chi connectivity index (χ0n) is 19.7.